The number of carbonyl (C=O) groups is 1. The number of benzene rings is 2. The first-order valence-electron chi connectivity index (χ1n) is 7.22. The fraction of sp³-hybridized carbons (Fsp3) is 0.176. The largest absolute Gasteiger partial charge is 0.485 e. The molecule has 0 unspecified atom stereocenters. The Labute approximate surface area is 136 Å². The van der Waals surface area contributed by atoms with Gasteiger partial charge in [0.05, 0.1) is 5.71 Å². The van der Waals surface area contributed by atoms with E-state index < -0.39 is 23.6 Å². The molecule has 0 saturated heterocycles. The highest BCUT2D eigenvalue weighted by atomic mass is 19.1. The van der Waals surface area contributed by atoms with Gasteiger partial charge in [-0.3, -0.25) is 4.79 Å². The molecule has 0 aromatic heterocycles. The molecule has 2 aromatic rings. The van der Waals surface area contributed by atoms with E-state index in [0.29, 0.717) is 11.5 Å². The normalized spacial score (nSPS) is 16.6. The SMILES string of the molecule is C/C(=N/NC(=O)[C@H]1COc2ccccc2O1)c1ccc(F)cc1F. The number of para-hydroxylation sites is 2. The highest BCUT2D eigenvalue weighted by molar-refractivity contribution is 5.99. The van der Waals surface area contributed by atoms with E-state index >= 15 is 0 Å². The van der Waals surface area contributed by atoms with Gasteiger partial charge in [0.2, 0.25) is 6.10 Å². The number of nitrogens with one attached hydrogen (secondary N) is 1. The lowest BCUT2D eigenvalue weighted by atomic mass is 10.1. The Balaban J connectivity index is 1.67. The van der Waals surface area contributed by atoms with Crippen LogP contribution in [0.2, 0.25) is 0 Å². The maximum atomic E-state index is 13.7. The van der Waals surface area contributed by atoms with Crippen LogP contribution in [-0.2, 0) is 4.79 Å². The smallest absolute Gasteiger partial charge is 0.284 e. The predicted octanol–water partition coefficient (Wildman–Crippen LogP) is 2.65. The van der Waals surface area contributed by atoms with Crippen molar-refractivity contribution in [2.45, 2.75) is 13.0 Å². The molecule has 0 radical (unpaired) electrons. The molecule has 124 valence electrons. The summed E-state index contributed by atoms with van der Waals surface area (Å²) in [6.45, 7) is 1.55. The van der Waals surface area contributed by atoms with Crippen LogP contribution in [-0.4, -0.2) is 24.3 Å². The van der Waals surface area contributed by atoms with Gasteiger partial charge in [-0.1, -0.05) is 12.1 Å². The first kappa shape index (κ1) is 15.9. The van der Waals surface area contributed by atoms with E-state index in [-0.39, 0.29) is 17.9 Å². The lowest BCUT2D eigenvalue weighted by Crippen LogP contribution is -2.42. The molecule has 1 amide bonds. The summed E-state index contributed by atoms with van der Waals surface area (Å²) >= 11 is 0. The molecule has 0 aliphatic carbocycles. The fourth-order valence-electron chi connectivity index (χ4n) is 2.20. The van der Waals surface area contributed by atoms with Crippen molar-refractivity contribution in [2.75, 3.05) is 6.61 Å². The molecule has 7 heteroatoms. The molecule has 5 nitrogen and oxygen atoms in total. The van der Waals surface area contributed by atoms with Gasteiger partial charge in [0.15, 0.2) is 11.5 Å². The number of rotatable bonds is 3. The second-order valence-corrected chi connectivity index (χ2v) is 5.16. The van der Waals surface area contributed by atoms with Gasteiger partial charge in [-0.05, 0) is 31.2 Å². The summed E-state index contributed by atoms with van der Waals surface area (Å²) < 4.78 is 37.6. The number of hydrazone groups is 1. The maximum absolute atomic E-state index is 13.7. The molecule has 2 aromatic carbocycles. The van der Waals surface area contributed by atoms with Crippen LogP contribution in [0.15, 0.2) is 47.6 Å². The number of nitrogens with zero attached hydrogens (tertiary/aromatic N) is 1. The third-order valence-electron chi connectivity index (χ3n) is 3.46. The van der Waals surface area contributed by atoms with E-state index in [0.717, 1.165) is 12.1 Å². The molecule has 1 heterocycles. The Hall–Kier alpha value is -2.96. The molecule has 1 aliphatic rings. The number of halogens is 2. The molecule has 24 heavy (non-hydrogen) atoms. The lowest BCUT2D eigenvalue weighted by Gasteiger charge is -2.24. The monoisotopic (exact) mass is 332 g/mol. The second kappa shape index (κ2) is 6.66. The van der Waals surface area contributed by atoms with Crippen molar-refractivity contribution in [2.24, 2.45) is 5.10 Å². The van der Waals surface area contributed by atoms with E-state index in [1.54, 1.807) is 24.3 Å². The minimum Gasteiger partial charge on any atom is -0.485 e. The third kappa shape index (κ3) is 3.34. The van der Waals surface area contributed by atoms with Crippen LogP contribution < -0.4 is 14.9 Å². The molecule has 1 aliphatic heterocycles. The number of fused-ring (bicyclic) bond motifs is 1. The first-order valence-corrected chi connectivity index (χ1v) is 7.22. The lowest BCUT2D eigenvalue weighted by molar-refractivity contribution is -0.130. The summed E-state index contributed by atoms with van der Waals surface area (Å²) in [6, 6.07) is 10.1. The molecule has 3 rings (SSSR count). The molecular formula is C17H14F2N2O3. The van der Waals surface area contributed by atoms with Gasteiger partial charge in [-0.25, -0.2) is 14.2 Å². The Morgan fingerprint density at radius 2 is 1.96 bits per heavy atom. The average Bonchev–Trinajstić information content (AvgIpc) is 2.59. The van der Waals surface area contributed by atoms with Crippen LogP contribution in [0.5, 0.6) is 11.5 Å². The van der Waals surface area contributed by atoms with Crippen molar-refractivity contribution >= 4 is 11.6 Å². The summed E-state index contributed by atoms with van der Waals surface area (Å²) in [7, 11) is 0. The minimum atomic E-state index is -0.866. The highest BCUT2D eigenvalue weighted by Gasteiger charge is 2.27. The zero-order valence-corrected chi connectivity index (χ0v) is 12.8. The van der Waals surface area contributed by atoms with Crippen molar-refractivity contribution in [3.8, 4) is 11.5 Å². The summed E-state index contributed by atoms with van der Waals surface area (Å²) in [5.41, 5.74) is 2.61. The Morgan fingerprint density at radius 1 is 1.21 bits per heavy atom. The van der Waals surface area contributed by atoms with E-state index in [4.69, 9.17) is 9.47 Å². The number of carbonyl (C=O) groups excluding carboxylic acids is 1. The Morgan fingerprint density at radius 3 is 2.71 bits per heavy atom. The number of hydrogen-bond donors (Lipinski definition) is 1. The van der Waals surface area contributed by atoms with Crippen LogP contribution in [0.1, 0.15) is 12.5 Å². The molecule has 1 N–H and O–H groups in total. The van der Waals surface area contributed by atoms with E-state index in [2.05, 4.69) is 10.5 Å². The quantitative estimate of drug-likeness (QED) is 0.694. The summed E-state index contributed by atoms with van der Waals surface area (Å²) in [5, 5.41) is 3.84. The van der Waals surface area contributed by atoms with Crippen molar-refractivity contribution in [3.05, 3.63) is 59.7 Å². The van der Waals surface area contributed by atoms with Crippen LogP contribution in [0.3, 0.4) is 0 Å². The van der Waals surface area contributed by atoms with Crippen LogP contribution in [0.4, 0.5) is 8.78 Å². The van der Waals surface area contributed by atoms with E-state index in [9.17, 15) is 13.6 Å². The van der Waals surface area contributed by atoms with E-state index in [1.807, 2.05) is 0 Å². The summed E-state index contributed by atoms with van der Waals surface area (Å²) in [4.78, 5) is 12.1. The van der Waals surface area contributed by atoms with Crippen molar-refractivity contribution in [1.29, 1.82) is 0 Å². The molecule has 0 bridgehead atoms. The third-order valence-corrected chi connectivity index (χ3v) is 3.46. The maximum Gasteiger partial charge on any atom is 0.284 e. The van der Waals surface area contributed by atoms with Crippen LogP contribution in [0, 0.1) is 11.6 Å². The van der Waals surface area contributed by atoms with Gasteiger partial charge in [-0.2, -0.15) is 5.10 Å². The predicted molar refractivity (Wildman–Crippen MR) is 83.1 cm³/mol. The Bertz CT molecular complexity index is 808. The zero-order chi connectivity index (χ0) is 17.1. The van der Waals surface area contributed by atoms with Gasteiger partial charge in [0.1, 0.15) is 18.2 Å². The summed E-state index contributed by atoms with van der Waals surface area (Å²) in [5.74, 6) is -0.925. The molecule has 0 fully saturated rings. The van der Waals surface area contributed by atoms with Crippen molar-refractivity contribution < 1.29 is 23.0 Å². The summed E-state index contributed by atoms with van der Waals surface area (Å²) in [6.07, 6.45) is -0.866. The standard InChI is InChI=1S/C17H14F2N2O3/c1-10(12-7-6-11(18)8-13(12)19)20-21-17(22)16-9-23-14-4-2-3-5-15(14)24-16/h2-8,16H,9H2,1H3,(H,21,22)/b20-10-/t16-/m1/s1. The highest BCUT2D eigenvalue weighted by Crippen LogP contribution is 2.30. The second-order valence-electron chi connectivity index (χ2n) is 5.16. The average molecular weight is 332 g/mol. The van der Waals surface area contributed by atoms with Crippen molar-refractivity contribution in [1.82, 2.24) is 5.43 Å². The number of amides is 1. The van der Waals surface area contributed by atoms with Gasteiger partial charge in [-0.15, -0.1) is 0 Å². The van der Waals surface area contributed by atoms with Gasteiger partial charge in [0.25, 0.3) is 5.91 Å². The van der Waals surface area contributed by atoms with Crippen molar-refractivity contribution in [3.63, 3.8) is 0 Å². The first-order chi connectivity index (χ1) is 11.5. The van der Waals surface area contributed by atoms with Gasteiger partial charge in [0, 0.05) is 11.6 Å². The van der Waals surface area contributed by atoms with E-state index in [1.165, 1.54) is 13.0 Å². The van der Waals surface area contributed by atoms with Gasteiger partial charge < -0.3 is 9.47 Å². The molecule has 0 saturated carbocycles. The molecular weight excluding hydrogens is 318 g/mol. The zero-order valence-electron chi connectivity index (χ0n) is 12.8. The fourth-order valence-corrected chi connectivity index (χ4v) is 2.20. The minimum absolute atomic E-state index is 0.0440. The Kier molecular flexibility index (Phi) is 4.41. The van der Waals surface area contributed by atoms with Crippen LogP contribution in [0.25, 0.3) is 0 Å². The number of hydrogen-bond acceptors (Lipinski definition) is 4. The molecule has 0 spiro atoms. The number of ether oxygens (including phenoxy) is 2. The molecule has 1 atom stereocenters. The van der Waals surface area contributed by atoms with Crippen LogP contribution >= 0.6 is 0 Å². The topological polar surface area (TPSA) is 59.9 Å². The van der Waals surface area contributed by atoms with Gasteiger partial charge >= 0.3 is 0 Å².